The molecule has 0 aromatic carbocycles. The lowest BCUT2D eigenvalue weighted by molar-refractivity contribution is -0.128. The number of hydrogen-bond donors (Lipinski definition) is 0. The van der Waals surface area contributed by atoms with Crippen LogP contribution in [-0.4, -0.2) is 23.2 Å². The highest BCUT2D eigenvalue weighted by Gasteiger charge is 2.30. The Morgan fingerprint density at radius 1 is 1.44 bits per heavy atom. The van der Waals surface area contributed by atoms with Crippen molar-refractivity contribution in [2.75, 3.05) is 0 Å². The first kappa shape index (κ1) is 10.5. The molecule has 0 spiro atoms. The van der Waals surface area contributed by atoms with Gasteiger partial charge in [0.1, 0.15) is 11.7 Å². The highest BCUT2D eigenvalue weighted by Crippen LogP contribution is 2.15. The molecule has 0 saturated heterocycles. The van der Waals surface area contributed by atoms with Gasteiger partial charge in [-0.05, 0) is 26.0 Å². The molecule has 82 valence electrons. The maximum absolute atomic E-state index is 11.6. The summed E-state index contributed by atoms with van der Waals surface area (Å²) >= 11 is 0. The summed E-state index contributed by atoms with van der Waals surface area (Å²) in [5.41, 5.74) is 0.457. The van der Waals surface area contributed by atoms with E-state index >= 15 is 0 Å². The minimum atomic E-state index is -0.835. The Labute approximate surface area is 91.9 Å². The maximum atomic E-state index is 11.6. The second-order valence-electron chi connectivity index (χ2n) is 3.55. The summed E-state index contributed by atoms with van der Waals surface area (Å²) in [5.74, 6) is -0.904. The van der Waals surface area contributed by atoms with Gasteiger partial charge < -0.3 is 4.42 Å². The predicted molar refractivity (Wildman–Crippen MR) is 57.5 cm³/mol. The van der Waals surface area contributed by atoms with Crippen LogP contribution in [0.1, 0.15) is 19.6 Å². The third-order valence-corrected chi connectivity index (χ3v) is 2.31. The lowest BCUT2D eigenvalue weighted by Gasteiger charge is -2.14. The molecule has 0 N–H and O–H groups in total. The van der Waals surface area contributed by atoms with Crippen LogP contribution in [0.15, 0.2) is 32.8 Å². The molecule has 1 unspecified atom stereocenters. The van der Waals surface area contributed by atoms with Crippen LogP contribution < -0.4 is 0 Å². The number of amides is 1. The molecule has 2 heterocycles. The van der Waals surface area contributed by atoms with Crippen molar-refractivity contribution in [3.05, 3.63) is 24.2 Å². The molecule has 5 heteroatoms. The first-order chi connectivity index (χ1) is 7.59. The van der Waals surface area contributed by atoms with Crippen LogP contribution in [0.4, 0.5) is 0 Å². The van der Waals surface area contributed by atoms with Crippen molar-refractivity contribution in [3.63, 3.8) is 0 Å². The van der Waals surface area contributed by atoms with E-state index in [1.165, 1.54) is 13.2 Å². The average molecular weight is 218 g/mol. The molecule has 0 bridgehead atoms. The Balaban J connectivity index is 2.38. The van der Waals surface area contributed by atoms with E-state index < -0.39 is 11.8 Å². The summed E-state index contributed by atoms with van der Waals surface area (Å²) in [7, 11) is 0. The summed E-state index contributed by atoms with van der Waals surface area (Å²) in [6.45, 7) is 3.00. The number of rotatable bonds is 2. The van der Waals surface area contributed by atoms with Gasteiger partial charge in [0, 0.05) is 5.71 Å². The van der Waals surface area contributed by atoms with Gasteiger partial charge in [-0.15, -0.1) is 0 Å². The van der Waals surface area contributed by atoms with E-state index in [9.17, 15) is 9.59 Å². The van der Waals surface area contributed by atoms with Crippen LogP contribution in [-0.2, 0) is 9.59 Å². The molecule has 0 saturated carbocycles. The maximum Gasteiger partial charge on any atom is 0.264 e. The zero-order valence-electron chi connectivity index (χ0n) is 8.93. The summed E-state index contributed by atoms with van der Waals surface area (Å²) < 4.78 is 5.09. The predicted octanol–water partition coefficient (Wildman–Crippen LogP) is 1.23. The molecule has 1 aromatic rings. The minimum absolute atomic E-state index is 0.227. The molecule has 1 aliphatic rings. The summed E-state index contributed by atoms with van der Waals surface area (Å²) in [5, 5.41) is 0. The zero-order chi connectivity index (χ0) is 11.7. The molecule has 16 heavy (non-hydrogen) atoms. The highest BCUT2D eigenvalue weighted by atomic mass is 16.3. The Bertz CT molecular complexity index is 497. The van der Waals surface area contributed by atoms with Crippen molar-refractivity contribution in [2.24, 2.45) is 15.9 Å². The average Bonchev–Trinajstić information content (AvgIpc) is 2.67. The molecule has 2 rings (SSSR count). The van der Waals surface area contributed by atoms with Crippen molar-refractivity contribution in [1.82, 2.24) is 0 Å². The van der Waals surface area contributed by atoms with Crippen LogP contribution in [0.2, 0.25) is 0 Å². The van der Waals surface area contributed by atoms with Crippen molar-refractivity contribution in [1.29, 1.82) is 0 Å². The Morgan fingerprint density at radius 3 is 2.69 bits per heavy atom. The SMILES string of the molecule is CC(=O)C1C(=O)N=C(c2ccco2)N=C1C. The van der Waals surface area contributed by atoms with Crippen LogP contribution in [0.5, 0.6) is 0 Å². The second kappa shape index (κ2) is 3.84. The summed E-state index contributed by atoms with van der Waals surface area (Å²) in [6, 6.07) is 3.35. The Kier molecular flexibility index (Phi) is 2.52. The molecule has 0 fully saturated rings. The summed E-state index contributed by atoms with van der Waals surface area (Å²) in [6.07, 6.45) is 1.48. The molecule has 1 aromatic heterocycles. The van der Waals surface area contributed by atoms with Gasteiger partial charge in [-0.3, -0.25) is 9.59 Å². The number of ketones is 1. The van der Waals surface area contributed by atoms with Gasteiger partial charge in [0.05, 0.1) is 6.26 Å². The van der Waals surface area contributed by atoms with E-state index in [0.29, 0.717) is 11.5 Å². The third kappa shape index (κ3) is 1.71. The highest BCUT2D eigenvalue weighted by molar-refractivity contribution is 6.27. The fourth-order valence-electron chi connectivity index (χ4n) is 1.59. The quantitative estimate of drug-likeness (QED) is 0.701. The number of amidine groups is 1. The van der Waals surface area contributed by atoms with Crippen molar-refractivity contribution in [3.8, 4) is 0 Å². The first-order valence-corrected chi connectivity index (χ1v) is 4.81. The van der Waals surface area contributed by atoms with E-state index in [2.05, 4.69) is 9.98 Å². The normalized spacial score (nSPS) is 20.4. The second-order valence-corrected chi connectivity index (χ2v) is 3.55. The standard InChI is InChI=1S/C11H10N2O3/c1-6-9(7(2)14)11(15)13-10(12-6)8-4-3-5-16-8/h3-5,9H,1-2H3. The van der Waals surface area contributed by atoms with Crippen LogP contribution >= 0.6 is 0 Å². The fraction of sp³-hybridized carbons (Fsp3) is 0.273. The lowest BCUT2D eigenvalue weighted by atomic mass is 9.98. The van der Waals surface area contributed by atoms with Gasteiger partial charge >= 0.3 is 0 Å². The van der Waals surface area contributed by atoms with Gasteiger partial charge in [-0.2, -0.15) is 4.99 Å². The largest absolute Gasteiger partial charge is 0.461 e. The van der Waals surface area contributed by atoms with Gasteiger partial charge in [0.2, 0.25) is 0 Å². The zero-order valence-corrected chi connectivity index (χ0v) is 8.93. The van der Waals surface area contributed by atoms with Crippen LogP contribution in [0, 0.1) is 5.92 Å². The van der Waals surface area contributed by atoms with Gasteiger partial charge in [-0.25, -0.2) is 4.99 Å². The van der Waals surface area contributed by atoms with Crippen molar-refractivity contribution in [2.45, 2.75) is 13.8 Å². The topological polar surface area (TPSA) is 72.0 Å². The molecule has 1 amide bonds. The van der Waals surface area contributed by atoms with Crippen molar-refractivity contribution >= 4 is 23.2 Å². The van der Waals surface area contributed by atoms with Gasteiger partial charge in [0.15, 0.2) is 11.6 Å². The molecule has 5 nitrogen and oxygen atoms in total. The Morgan fingerprint density at radius 2 is 2.19 bits per heavy atom. The first-order valence-electron chi connectivity index (χ1n) is 4.81. The molecule has 0 aliphatic carbocycles. The fourth-order valence-corrected chi connectivity index (χ4v) is 1.59. The van der Waals surface area contributed by atoms with Crippen LogP contribution in [0.3, 0.4) is 0 Å². The summed E-state index contributed by atoms with van der Waals surface area (Å²) in [4.78, 5) is 30.7. The van der Waals surface area contributed by atoms with Gasteiger partial charge in [0.25, 0.3) is 5.91 Å². The molecule has 1 atom stereocenters. The van der Waals surface area contributed by atoms with E-state index in [4.69, 9.17) is 4.42 Å². The molecular formula is C11H10N2O3. The minimum Gasteiger partial charge on any atom is -0.461 e. The molecule has 0 radical (unpaired) electrons. The van der Waals surface area contributed by atoms with E-state index in [0.717, 1.165) is 0 Å². The lowest BCUT2D eigenvalue weighted by Crippen LogP contribution is -2.32. The van der Waals surface area contributed by atoms with E-state index in [1.54, 1.807) is 19.1 Å². The molecule has 1 aliphatic heterocycles. The van der Waals surface area contributed by atoms with E-state index in [-0.39, 0.29) is 11.6 Å². The van der Waals surface area contributed by atoms with Gasteiger partial charge in [-0.1, -0.05) is 0 Å². The number of furan rings is 1. The third-order valence-electron chi connectivity index (χ3n) is 2.31. The molecular weight excluding hydrogens is 208 g/mol. The number of carbonyl (C=O) groups is 2. The number of hydrogen-bond acceptors (Lipinski definition) is 4. The number of Topliss-reactive ketones (excluding diaryl/α,β-unsaturated/α-hetero) is 1. The monoisotopic (exact) mass is 218 g/mol. The van der Waals surface area contributed by atoms with Crippen LogP contribution in [0.25, 0.3) is 0 Å². The smallest absolute Gasteiger partial charge is 0.264 e. The number of aliphatic imine (C=N–C) groups is 2. The Hall–Kier alpha value is -2.04. The number of nitrogens with zero attached hydrogens (tertiary/aromatic N) is 2. The van der Waals surface area contributed by atoms with Crippen molar-refractivity contribution < 1.29 is 14.0 Å². The van der Waals surface area contributed by atoms with E-state index in [1.807, 2.05) is 0 Å². The number of carbonyl (C=O) groups excluding carboxylic acids is 2.